The second kappa shape index (κ2) is 7.60. The van der Waals surface area contributed by atoms with Crippen LogP contribution >= 0.6 is 0 Å². The van der Waals surface area contributed by atoms with Gasteiger partial charge < -0.3 is 0 Å². The Bertz CT molecular complexity index is 33.5. The summed E-state index contributed by atoms with van der Waals surface area (Å²) in [5.74, 6) is 0. The maximum atomic E-state index is 4.95. The van der Waals surface area contributed by atoms with Crippen molar-refractivity contribution in [3.05, 3.63) is 0 Å². The zero-order chi connectivity index (χ0) is 6.24. The van der Waals surface area contributed by atoms with Crippen LogP contribution in [0.5, 0.6) is 0 Å². The van der Waals surface area contributed by atoms with E-state index in [1.807, 2.05) is 0 Å². The van der Waals surface area contributed by atoms with Crippen molar-refractivity contribution < 1.29 is 3.53 Å². The first kappa shape index (κ1) is 8.60. The molecule has 0 unspecified atom stereocenters. The van der Waals surface area contributed by atoms with Crippen molar-refractivity contribution in [2.75, 3.05) is 6.61 Å². The van der Waals surface area contributed by atoms with Gasteiger partial charge in [-0.1, -0.05) is 0 Å². The minimum absolute atomic E-state index is 0.958. The first-order valence-electron chi connectivity index (χ1n) is 3.23. The Morgan fingerprint density at radius 3 is 2.50 bits per heavy atom. The van der Waals surface area contributed by atoms with E-state index in [1.54, 1.807) is 0 Å². The van der Waals surface area contributed by atoms with Gasteiger partial charge >= 0.3 is 61.7 Å². The molecule has 0 aromatic heterocycles. The van der Waals surface area contributed by atoms with Crippen molar-refractivity contribution >= 4 is 19.0 Å². The molecule has 2 radical (unpaired) electrons. The molecule has 0 aliphatic heterocycles. The summed E-state index contributed by atoms with van der Waals surface area (Å²) in [6, 6.07) is 0. The van der Waals surface area contributed by atoms with Crippen LogP contribution in [0.15, 0.2) is 0 Å². The Morgan fingerprint density at radius 1 is 1.25 bits per heavy atom. The van der Waals surface area contributed by atoms with Crippen LogP contribution in [0.4, 0.5) is 0 Å². The van der Waals surface area contributed by atoms with Gasteiger partial charge in [-0.05, 0) is 0 Å². The van der Waals surface area contributed by atoms with Gasteiger partial charge in [0.15, 0.2) is 0 Å². The van der Waals surface area contributed by atoms with Gasteiger partial charge in [0.2, 0.25) is 0 Å². The fourth-order valence-electron chi connectivity index (χ4n) is 0.612. The minimum atomic E-state index is 0.958. The van der Waals surface area contributed by atoms with E-state index in [9.17, 15) is 0 Å². The van der Waals surface area contributed by atoms with Crippen molar-refractivity contribution in [3.63, 3.8) is 0 Å². The maximum absolute atomic E-state index is 4.95. The van der Waals surface area contributed by atoms with Gasteiger partial charge in [-0.15, -0.1) is 0 Å². The molecule has 8 heavy (non-hydrogen) atoms. The van der Waals surface area contributed by atoms with Crippen molar-refractivity contribution in [2.45, 2.75) is 32.6 Å². The quantitative estimate of drug-likeness (QED) is 0.451. The molecule has 0 aliphatic rings. The van der Waals surface area contributed by atoms with E-state index in [-0.39, 0.29) is 0 Å². The van der Waals surface area contributed by atoms with Crippen molar-refractivity contribution in [3.8, 4) is 0 Å². The average molecular weight is 171 g/mol. The molecule has 0 bridgehead atoms. The monoisotopic (exact) mass is 170 g/mol. The Hall–Kier alpha value is 0.596. The van der Waals surface area contributed by atoms with Crippen LogP contribution in [0.3, 0.4) is 0 Å². The fraction of sp³-hybridized carbons (Fsp3) is 1.00. The first-order valence-corrected chi connectivity index (χ1v) is 4.22. The van der Waals surface area contributed by atoms with E-state index in [1.165, 1.54) is 44.6 Å². The number of rotatable bonds is 5. The van der Waals surface area contributed by atoms with E-state index in [4.69, 9.17) is 3.53 Å². The Balaban J connectivity index is 2.53. The molecular formula is C6H13GaO. The zero-order valence-electron chi connectivity index (χ0n) is 5.52. The fourth-order valence-corrected chi connectivity index (χ4v) is 0.962. The molecule has 0 heterocycles. The summed E-state index contributed by atoms with van der Waals surface area (Å²) in [4.78, 5) is 0. The third-order valence-electron chi connectivity index (χ3n) is 1.12. The summed E-state index contributed by atoms with van der Waals surface area (Å²) in [7, 11) is 0. The molecule has 0 amide bonds. The Kier molecular flexibility index (Phi) is 8.16. The molecule has 0 aromatic carbocycles. The summed E-state index contributed by atoms with van der Waals surface area (Å²) in [5, 5.41) is 0. The van der Waals surface area contributed by atoms with Crippen LogP contribution in [-0.4, -0.2) is 25.6 Å². The van der Waals surface area contributed by atoms with Crippen LogP contribution in [0, 0.1) is 0 Å². The zero-order valence-corrected chi connectivity index (χ0v) is 7.94. The predicted molar refractivity (Wildman–Crippen MR) is 35.8 cm³/mol. The molecule has 0 saturated heterocycles. The summed E-state index contributed by atoms with van der Waals surface area (Å²) < 4.78 is 4.95. The molecule has 0 aliphatic carbocycles. The van der Waals surface area contributed by atoms with Gasteiger partial charge in [-0.2, -0.15) is 0 Å². The van der Waals surface area contributed by atoms with Crippen LogP contribution in [-0.2, 0) is 3.53 Å². The van der Waals surface area contributed by atoms with Gasteiger partial charge in [-0.25, -0.2) is 0 Å². The van der Waals surface area contributed by atoms with E-state index in [2.05, 4.69) is 6.92 Å². The Labute approximate surface area is 62.1 Å². The molecule has 0 saturated carbocycles. The number of unbranched alkanes of at least 4 members (excludes halogenated alkanes) is 3. The molecular weight excluding hydrogens is 158 g/mol. The van der Waals surface area contributed by atoms with Gasteiger partial charge in [0.25, 0.3) is 0 Å². The Morgan fingerprint density at radius 2 is 2.00 bits per heavy atom. The van der Waals surface area contributed by atoms with E-state index >= 15 is 0 Å². The van der Waals surface area contributed by atoms with Crippen LogP contribution < -0.4 is 0 Å². The van der Waals surface area contributed by atoms with Crippen LogP contribution in [0.2, 0.25) is 0 Å². The summed E-state index contributed by atoms with van der Waals surface area (Å²) in [6.45, 7) is 3.18. The molecule has 0 spiro atoms. The van der Waals surface area contributed by atoms with Crippen molar-refractivity contribution in [2.24, 2.45) is 0 Å². The third kappa shape index (κ3) is 6.60. The van der Waals surface area contributed by atoms with E-state index in [0.717, 1.165) is 6.61 Å². The third-order valence-corrected chi connectivity index (χ3v) is 1.61. The average Bonchev–Trinajstić information content (AvgIpc) is 1.81. The predicted octanol–water partition coefficient (Wildman–Crippen LogP) is 1.67. The normalized spacial score (nSPS) is 9.62. The molecule has 1 nitrogen and oxygen atoms in total. The standard InChI is InChI=1S/C6H13O.Ga/c1-2-3-4-5-6-7;/h2-6H2,1H3;/q-1;+1. The SMILES string of the molecule is CCCCCC[O][Ga]. The van der Waals surface area contributed by atoms with E-state index in [0.29, 0.717) is 0 Å². The molecule has 0 N–H and O–H groups in total. The molecule has 0 fully saturated rings. The number of hydrogen-bond acceptors (Lipinski definition) is 1. The van der Waals surface area contributed by atoms with Gasteiger partial charge in [-0.3, -0.25) is 0 Å². The summed E-state index contributed by atoms with van der Waals surface area (Å²) in [6.07, 6.45) is 5.25. The second-order valence-corrected chi connectivity index (χ2v) is 2.63. The number of hydrogen-bond donors (Lipinski definition) is 0. The topological polar surface area (TPSA) is 9.23 Å². The summed E-state index contributed by atoms with van der Waals surface area (Å²) in [5.41, 5.74) is 0. The van der Waals surface area contributed by atoms with Gasteiger partial charge in [0.1, 0.15) is 0 Å². The summed E-state index contributed by atoms with van der Waals surface area (Å²) >= 11 is 1.37. The van der Waals surface area contributed by atoms with Crippen LogP contribution in [0.1, 0.15) is 32.6 Å². The van der Waals surface area contributed by atoms with Crippen LogP contribution in [0.25, 0.3) is 0 Å². The molecule has 0 atom stereocenters. The molecule has 0 rings (SSSR count). The van der Waals surface area contributed by atoms with Gasteiger partial charge in [0, 0.05) is 0 Å². The van der Waals surface area contributed by atoms with Crippen molar-refractivity contribution in [1.29, 1.82) is 0 Å². The molecule has 46 valence electrons. The second-order valence-electron chi connectivity index (χ2n) is 1.93. The van der Waals surface area contributed by atoms with E-state index < -0.39 is 0 Å². The molecule has 0 aromatic rings. The van der Waals surface area contributed by atoms with Gasteiger partial charge in [0.05, 0.1) is 0 Å². The van der Waals surface area contributed by atoms with Crippen molar-refractivity contribution in [1.82, 2.24) is 0 Å². The first-order chi connectivity index (χ1) is 3.91. The molecule has 2 heteroatoms.